The van der Waals surface area contributed by atoms with E-state index in [0.29, 0.717) is 24.1 Å². The van der Waals surface area contributed by atoms with Crippen molar-refractivity contribution in [2.45, 2.75) is 89.1 Å². The zero-order valence-corrected chi connectivity index (χ0v) is 31.5. The molecule has 1 saturated carbocycles. The maximum atomic E-state index is 14.4. The van der Waals surface area contributed by atoms with Gasteiger partial charge in [-0.2, -0.15) is 5.10 Å². The molecule has 1 N–H and O–H groups in total. The number of nitrogens with zero attached hydrogens (tertiary/aromatic N) is 5. The predicted molar refractivity (Wildman–Crippen MR) is 203 cm³/mol. The van der Waals surface area contributed by atoms with Crippen molar-refractivity contribution in [1.29, 1.82) is 0 Å². The van der Waals surface area contributed by atoms with Crippen molar-refractivity contribution in [3.63, 3.8) is 0 Å². The number of hydrogen-bond donors (Lipinski definition) is 1. The molecule has 4 aromatic rings. The monoisotopic (exact) mass is 724 g/mol. The van der Waals surface area contributed by atoms with Crippen LogP contribution in [-0.2, 0) is 23.6 Å². The fourth-order valence-corrected chi connectivity index (χ4v) is 9.76. The fraction of sp³-hybridized carbons (Fsp3) is 0.475. The minimum atomic E-state index is -3.83. The zero-order valence-electron chi connectivity index (χ0n) is 30.7. The third kappa shape index (κ3) is 5.74. The highest BCUT2D eigenvalue weighted by atomic mass is 32.2. The van der Waals surface area contributed by atoms with Gasteiger partial charge in [-0.3, -0.25) is 19.2 Å². The van der Waals surface area contributed by atoms with Crippen LogP contribution in [0.2, 0.25) is 0 Å². The summed E-state index contributed by atoms with van der Waals surface area (Å²) >= 11 is 0. The number of allylic oxidation sites excluding steroid dienone is 1. The SMILES string of the molecule is CCN1C[C@H]2C[C@@H]1CN2C(=O)c1cnn(C)c1C1=Cc2cc(OC)ccc2-c2c(C3CCCCC3)c3ccc(C(=O)NS(=O)(=O)C(C)C)cc3n2C1. The third-order valence-corrected chi connectivity index (χ3v) is 13.6. The number of carbonyl (C=O) groups is 2. The topological polar surface area (TPSA) is 119 Å². The smallest absolute Gasteiger partial charge is 0.264 e. The average Bonchev–Trinajstić information content (AvgIpc) is 3.90. The number of sulfonamides is 1. The van der Waals surface area contributed by atoms with Gasteiger partial charge in [0.05, 0.1) is 42.1 Å². The summed E-state index contributed by atoms with van der Waals surface area (Å²) in [6.07, 6.45) is 10.5. The number of methoxy groups -OCH3 is 1. The Morgan fingerprint density at radius 1 is 1.02 bits per heavy atom. The number of hydrogen-bond acceptors (Lipinski definition) is 7. The van der Waals surface area contributed by atoms with Crippen LogP contribution >= 0.6 is 0 Å². The number of carbonyl (C=O) groups excluding carboxylic acids is 2. The maximum absolute atomic E-state index is 14.4. The van der Waals surface area contributed by atoms with E-state index < -0.39 is 21.2 Å². The van der Waals surface area contributed by atoms with Gasteiger partial charge in [0, 0.05) is 54.3 Å². The predicted octanol–water partition coefficient (Wildman–Crippen LogP) is 6.04. The number of aromatic nitrogens is 3. The second-order valence-electron chi connectivity index (χ2n) is 15.2. The average molecular weight is 725 g/mol. The van der Waals surface area contributed by atoms with E-state index in [0.717, 1.165) is 96.5 Å². The number of amides is 2. The molecule has 0 radical (unpaired) electrons. The Labute approximate surface area is 305 Å². The van der Waals surface area contributed by atoms with Crippen LogP contribution in [0.15, 0.2) is 42.6 Å². The largest absolute Gasteiger partial charge is 0.497 e. The van der Waals surface area contributed by atoms with Crippen molar-refractivity contribution in [1.82, 2.24) is 28.9 Å². The van der Waals surface area contributed by atoms with Gasteiger partial charge in [0.1, 0.15) is 5.75 Å². The summed E-state index contributed by atoms with van der Waals surface area (Å²) in [7, 11) is -0.272. The summed E-state index contributed by atoms with van der Waals surface area (Å²) in [5, 5.41) is 4.96. The summed E-state index contributed by atoms with van der Waals surface area (Å²) in [5.74, 6) is 0.416. The molecule has 2 atom stereocenters. The molecule has 5 heterocycles. The van der Waals surface area contributed by atoms with Crippen molar-refractivity contribution < 1.29 is 22.7 Å². The number of ether oxygens (including phenoxy) is 1. The van der Waals surface area contributed by atoms with Crippen LogP contribution in [0.5, 0.6) is 5.75 Å². The first-order valence-electron chi connectivity index (χ1n) is 18.7. The highest BCUT2D eigenvalue weighted by Crippen LogP contribution is 2.48. The number of aryl methyl sites for hydroxylation is 1. The van der Waals surface area contributed by atoms with Gasteiger partial charge in [0.15, 0.2) is 0 Å². The minimum absolute atomic E-state index is 0.00756. The Kier molecular flexibility index (Phi) is 8.81. The Hall–Kier alpha value is -4.42. The van der Waals surface area contributed by atoms with Crippen molar-refractivity contribution in [2.24, 2.45) is 7.05 Å². The van der Waals surface area contributed by atoms with Crippen LogP contribution in [0.4, 0.5) is 0 Å². The Bertz CT molecular complexity index is 2230. The molecule has 2 aromatic heterocycles. The second kappa shape index (κ2) is 13.2. The van der Waals surface area contributed by atoms with Gasteiger partial charge in [-0.15, -0.1) is 0 Å². The van der Waals surface area contributed by atoms with Crippen LogP contribution in [0, 0.1) is 0 Å². The summed E-state index contributed by atoms with van der Waals surface area (Å²) in [4.78, 5) is 32.4. The number of piperazine rings is 1. The normalized spacial score (nSPS) is 20.6. The first-order chi connectivity index (χ1) is 25.0. The van der Waals surface area contributed by atoms with E-state index in [1.807, 2.05) is 30.1 Å². The standard InChI is InChI=1S/C40H48N6O5S/c1-6-44-22-30-19-29(44)23-45(30)40(48)34-20-41-43(4)37(34)28-16-27-17-31(51-5)13-15-32(27)38-36(25-10-8-7-9-11-25)33-14-12-26(18-35(33)46(38)21-28)39(47)42-52(49,50)24(2)3/h12-18,20,24-25,29-30H,6-11,19,21-23H2,1-5H3,(H,42,47)/t29-,30-/m1/s1. The molecule has 11 nitrogen and oxygen atoms in total. The molecule has 2 bridgehead atoms. The van der Waals surface area contributed by atoms with Gasteiger partial charge >= 0.3 is 0 Å². The van der Waals surface area contributed by atoms with E-state index >= 15 is 0 Å². The maximum Gasteiger partial charge on any atom is 0.264 e. The lowest BCUT2D eigenvalue weighted by molar-refractivity contribution is 0.0630. The summed E-state index contributed by atoms with van der Waals surface area (Å²) in [6.45, 7) is 8.31. The van der Waals surface area contributed by atoms with E-state index in [1.165, 1.54) is 12.0 Å². The second-order valence-corrected chi connectivity index (χ2v) is 17.4. The molecule has 3 fully saturated rings. The highest BCUT2D eigenvalue weighted by molar-refractivity contribution is 7.90. The van der Waals surface area contributed by atoms with Crippen molar-refractivity contribution >= 4 is 44.4 Å². The molecule has 2 saturated heterocycles. The molecule has 52 heavy (non-hydrogen) atoms. The number of rotatable bonds is 8. The van der Waals surface area contributed by atoms with Crippen LogP contribution < -0.4 is 9.46 Å². The highest BCUT2D eigenvalue weighted by Gasteiger charge is 2.45. The Morgan fingerprint density at radius 2 is 1.81 bits per heavy atom. The first-order valence-corrected chi connectivity index (χ1v) is 20.2. The minimum Gasteiger partial charge on any atom is -0.497 e. The summed E-state index contributed by atoms with van der Waals surface area (Å²) in [5.41, 5.74) is 7.77. The van der Waals surface area contributed by atoms with E-state index in [-0.39, 0.29) is 17.5 Å². The van der Waals surface area contributed by atoms with Crippen molar-refractivity contribution in [3.05, 3.63) is 70.5 Å². The molecule has 2 amide bonds. The number of benzene rings is 2. The number of fused-ring (bicyclic) bond motifs is 7. The quantitative estimate of drug-likeness (QED) is 0.236. The molecular weight excluding hydrogens is 677 g/mol. The molecule has 0 spiro atoms. The van der Waals surface area contributed by atoms with E-state index in [4.69, 9.17) is 4.74 Å². The molecule has 274 valence electrons. The van der Waals surface area contributed by atoms with Gasteiger partial charge in [0.25, 0.3) is 11.8 Å². The molecule has 0 unspecified atom stereocenters. The number of likely N-dealkylation sites (N-methyl/N-ethyl adjacent to an activating group) is 1. The molecule has 2 aromatic carbocycles. The van der Waals surface area contributed by atoms with Crippen molar-refractivity contribution in [3.8, 4) is 17.0 Å². The third-order valence-electron chi connectivity index (χ3n) is 11.9. The van der Waals surface area contributed by atoms with Gasteiger partial charge in [-0.05, 0) is 98.7 Å². The first kappa shape index (κ1) is 34.7. The Balaban J connectivity index is 1.30. The summed E-state index contributed by atoms with van der Waals surface area (Å²) < 4.78 is 37.5. The summed E-state index contributed by atoms with van der Waals surface area (Å²) in [6, 6.07) is 12.3. The molecule has 3 aliphatic heterocycles. The Morgan fingerprint density at radius 3 is 2.50 bits per heavy atom. The van der Waals surface area contributed by atoms with E-state index in [2.05, 4.69) is 44.4 Å². The molecule has 1 aliphatic carbocycles. The fourth-order valence-electron chi connectivity index (χ4n) is 9.15. The molecular formula is C40H48N6O5S. The lowest BCUT2D eigenvalue weighted by Gasteiger charge is -2.33. The van der Waals surface area contributed by atoms with Crippen molar-refractivity contribution in [2.75, 3.05) is 26.7 Å². The van der Waals surface area contributed by atoms with Gasteiger partial charge in [0.2, 0.25) is 10.0 Å². The van der Waals surface area contributed by atoms with Crippen LogP contribution in [0.25, 0.3) is 33.8 Å². The lowest BCUT2D eigenvalue weighted by atomic mass is 9.81. The molecule has 4 aliphatic rings. The zero-order chi connectivity index (χ0) is 36.5. The van der Waals surface area contributed by atoms with E-state index in [9.17, 15) is 18.0 Å². The van der Waals surface area contributed by atoms with E-state index in [1.54, 1.807) is 37.9 Å². The van der Waals surface area contributed by atoms with Crippen LogP contribution in [-0.4, -0.2) is 88.5 Å². The number of nitrogens with one attached hydrogen (secondary N) is 1. The lowest BCUT2D eigenvalue weighted by Crippen LogP contribution is -2.48. The molecule has 8 rings (SSSR count). The van der Waals surface area contributed by atoms with Crippen LogP contribution in [0.1, 0.15) is 103 Å². The van der Waals surface area contributed by atoms with Crippen LogP contribution in [0.3, 0.4) is 0 Å². The van der Waals surface area contributed by atoms with Gasteiger partial charge in [-0.25, -0.2) is 13.1 Å². The van der Waals surface area contributed by atoms with Gasteiger partial charge < -0.3 is 14.2 Å². The number of likely N-dealkylation sites (tertiary alicyclic amines) is 2. The van der Waals surface area contributed by atoms with Gasteiger partial charge in [-0.1, -0.05) is 32.3 Å². The molecule has 12 heteroatoms.